The summed E-state index contributed by atoms with van der Waals surface area (Å²) in [5, 5.41) is 0.499. The third-order valence-electron chi connectivity index (χ3n) is 5.25. The lowest BCUT2D eigenvalue weighted by atomic mass is 10.1. The molecule has 3 rings (SSSR count). The molecular weight excluding hydrogens is 376 g/mol. The van der Waals surface area contributed by atoms with Gasteiger partial charge in [-0.1, -0.05) is 17.7 Å². The van der Waals surface area contributed by atoms with Gasteiger partial charge >= 0.3 is 0 Å². The Morgan fingerprint density at radius 1 is 1.31 bits per heavy atom. The highest BCUT2D eigenvalue weighted by Crippen LogP contribution is 2.35. The first kappa shape index (κ1) is 19.2. The number of hydrogen-bond donors (Lipinski definition) is 0. The number of anilines is 1. The predicted molar refractivity (Wildman–Crippen MR) is 101 cm³/mol. The highest BCUT2D eigenvalue weighted by atomic mass is 35.5. The number of halogens is 1. The zero-order valence-corrected chi connectivity index (χ0v) is 16.7. The first-order chi connectivity index (χ1) is 12.1. The van der Waals surface area contributed by atoms with Crippen molar-refractivity contribution in [3.8, 4) is 0 Å². The third-order valence-corrected chi connectivity index (χ3v) is 7.28. The lowest BCUT2D eigenvalue weighted by molar-refractivity contribution is -0.136. The summed E-state index contributed by atoms with van der Waals surface area (Å²) in [6.07, 6.45) is 0.574. The molecule has 2 aliphatic rings. The van der Waals surface area contributed by atoms with E-state index in [0.717, 1.165) is 11.1 Å². The van der Waals surface area contributed by atoms with Crippen LogP contribution in [0.3, 0.4) is 0 Å². The van der Waals surface area contributed by atoms with Crippen molar-refractivity contribution in [3.63, 3.8) is 0 Å². The van der Waals surface area contributed by atoms with Gasteiger partial charge in [0.1, 0.15) is 0 Å². The van der Waals surface area contributed by atoms with Gasteiger partial charge in [-0.3, -0.25) is 9.59 Å². The summed E-state index contributed by atoms with van der Waals surface area (Å²) in [6.45, 7) is 4.10. The minimum atomic E-state index is -3.07. The highest BCUT2D eigenvalue weighted by Gasteiger charge is 2.41. The number of nitrogens with zero attached hydrogens (tertiary/aromatic N) is 2. The number of carbonyl (C=O) groups is 2. The fourth-order valence-electron chi connectivity index (χ4n) is 3.89. The summed E-state index contributed by atoms with van der Waals surface area (Å²) < 4.78 is 23.3. The van der Waals surface area contributed by atoms with E-state index in [-0.39, 0.29) is 42.3 Å². The summed E-state index contributed by atoms with van der Waals surface area (Å²) >= 11 is 6.35. The van der Waals surface area contributed by atoms with Gasteiger partial charge in [-0.05, 0) is 37.5 Å². The second kappa shape index (κ2) is 6.85. The molecule has 2 heterocycles. The van der Waals surface area contributed by atoms with Crippen LogP contribution in [0.25, 0.3) is 0 Å². The molecule has 0 aromatic heterocycles. The normalized spacial score (nSPS) is 24.9. The zero-order valence-electron chi connectivity index (χ0n) is 15.2. The van der Waals surface area contributed by atoms with Crippen LogP contribution in [0.1, 0.15) is 24.0 Å². The SMILES string of the molecule is Cc1cc(C)c(N2CC(C(=O)N(C)C3CCS(=O)(=O)C3)CC2=O)c(Cl)c1. The van der Waals surface area contributed by atoms with Crippen LogP contribution in [0.4, 0.5) is 5.69 Å². The van der Waals surface area contributed by atoms with E-state index in [9.17, 15) is 18.0 Å². The quantitative estimate of drug-likeness (QED) is 0.780. The van der Waals surface area contributed by atoms with Gasteiger partial charge in [-0.15, -0.1) is 0 Å². The van der Waals surface area contributed by atoms with Crippen molar-refractivity contribution in [2.24, 2.45) is 5.92 Å². The summed E-state index contributed by atoms with van der Waals surface area (Å²) in [5.41, 5.74) is 2.56. The van der Waals surface area contributed by atoms with Crippen LogP contribution in [0.2, 0.25) is 5.02 Å². The smallest absolute Gasteiger partial charge is 0.228 e. The fourth-order valence-corrected chi connectivity index (χ4v) is 6.09. The van der Waals surface area contributed by atoms with Crippen molar-refractivity contribution in [3.05, 3.63) is 28.3 Å². The van der Waals surface area contributed by atoms with Crippen LogP contribution in [0.15, 0.2) is 12.1 Å². The number of carbonyl (C=O) groups excluding carboxylic acids is 2. The van der Waals surface area contributed by atoms with E-state index in [1.165, 1.54) is 4.90 Å². The van der Waals surface area contributed by atoms with Gasteiger partial charge in [0, 0.05) is 26.1 Å². The first-order valence-electron chi connectivity index (χ1n) is 8.63. The number of rotatable bonds is 3. The maximum atomic E-state index is 12.8. The lowest BCUT2D eigenvalue weighted by Gasteiger charge is -2.26. The third kappa shape index (κ3) is 3.60. The Morgan fingerprint density at radius 3 is 2.58 bits per heavy atom. The van der Waals surface area contributed by atoms with Crippen molar-refractivity contribution in [2.45, 2.75) is 32.7 Å². The van der Waals surface area contributed by atoms with E-state index in [4.69, 9.17) is 11.6 Å². The van der Waals surface area contributed by atoms with Gasteiger partial charge in [0.25, 0.3) is 0 Å². The van der Waals surface area contributed by atoms with E-state index >= 15 is 0 Å². The standard InChI is InChI=1S/C18H23ClN2O4S/c1-11-6-12(2)17(15(19)7-11)21-9-13(8-16(21)22)18(23)20(3)14-4-5-26(24,25)10-14/h6-7,13-14H,4-5,8-10H2,1-3H3. The summed E-state index contributed by atoms with van der Waals surface area (Å²) in [6, 6.07) is 3.46. The van der Waals surface area contributed by atoms with Crippen molar-refractivity contribution < 1.29 is 18.0 Å². The molecule has 142 valence electrons. The van der Waals surface area contributed by atoms with Crippen LogP contribution in [-0.2, 0) is 19.4 Å². The molecule has 0 aliphatic carbocycles. The number of hydrogen-bond acceptors (Lipinski definition) is 4. The maximum Gasteiger partial charge on any atom is 0.228 e. The van der Waals surface area contributed by atoms with E-state index in [1.54, 1.807) is 11.9 Å². The van der Waals surface area contributed by atoms with Crippen molar-refractivity contribution in [2.75, 3.05) is 30.0 Å². The Hall–Kier alpha value is -1.60. The van der Waals surface area contributed by atoms with Crippen LogP contribution in [0.5, 0.6) is 0 Å². The molecule has 6 nitrogen and oxygen atoms in total. The molecule has 2 amide bonds. The first-order valence-corrected chi connectivity index (χ1v) is 10.8. The van der Waals surface area contributed by atoms with E-state index in [0.29, 0.717) is 17.1 Å². The average Bonchev–Trinajstić information content (AvgIpc) is 3.08. The van der Waals surface area contributed by atoms with Crippen LogP contribution in [0, 0.1) is 19.8 Å². The molecule has 26 heavy (non-hydrogen) atoms. The van der Waals surface area contributed by atoms with Gasteiger partial charge in [0.15, 0.2) is 9.84 Å². The molecule has 1 aromatic carbocycles. The minimum absolute atomic E-state index is 0.00250. The minimum Gasteiger partial charge on any atom is -0.341 e. The summed E-state index contributed by atoms with van der Waals surface area (Å²) in [4.78, 5) is 28.4. The van der Waals surface area contributed by atoms with Gasteiger partial charge in [-0.25, -0.2) is 8.42 Å². The Balaban J connectivity index is 1.77. The van der Waals surface area contributed by atoms with E-state index < -0.39 is 15.8 Å². The Kier molecular flexibility index (Phi) is 5.05. The maximum absolute atomic E-state index is 12.8. The van der Waals surface area contributed by atoms with Crippen molar-refractivity contribution in [1.29, 1.82) is 0 Å². The highest BCUT2D eigenvalue weighted by molar-refractivity contribution is 7.91. The molecule has 0 saturated carbocycles. The Bertz CT molecular complexity index is 845. The number of amides is 2. The van der Waals surface area contributed by atoms with Crippen LogP contribution < -0.4 is 4.90 Å². The largest absolute Gasteiger partial charge is 0.341 e. The molecule has 0 spiro atoms. The van der Waals surface area contributed by atoms with Gasteiger partial charge in [0.05, 0.1) is 28.1 Å². The van der Waals surface area contributed by atoms with E-state index in [1.807, 2.05) is 26.0 Å². The number of sulfone groups is 1. The van der Waals surface area contributed by atoms with Gasteiger partial charge in [0.2, 0.25) is 11.8 Å². The monoisotopic (exact) mass is 398 g/mol. The molecule has 8 heteroatoms. The van der Waals surface area contributed by atoms with Crippen molar-refractivity contribution in [1.82, 2.24) is 4.90 Å². The Morgan fingerprint density at radius 2 is 2.00 bits per heavy atom. The summed E-state index contributed by atoms with van der Waals surface area (Å²) in [5.74, 6) is -0.674. The lowest BCUT2D eigenvalue weighted by Crippen LogP contribution is -2.42. The predicted octanol–water partition coefficient (Wildman–Crippen LogP) is 1.96. The molecule has 1 aromatic rings. The van der Waals surface area contributed by atoms with Gasteiger partial charge < -0.3 is 9.80 Å². The van der Waals surface area contributed by atoms with Crippen molar-refractivity contribution >= 4 is 38.9 Å². The molecule has 2 atom stereocenters. The molecule has 0 radical (unpaired) electrons. The zero-order chi connectivity index (χ0) is 19.2. The molecule has 2 fully saturated rings. The molecule has 0 bridgehead atoms. The fraction of sp³-hybridized carbons (Fsp3) is 0.556. The molecule has 2 unspecified atom stereocenters. The second-order valence-corrected chi connectivity index (χ2v) is 9.96. The Labute approximate surface area is 159 Å². The van der Waals surface area contributed by atoms with Gasteiger partial charge in [-0.2, -0.15) is 0 Å². The number of benzene rings is 1. The summed E-state index contributed by atoms with van der Waals surface area (Å²) in [7, 11) is -1.44. The van der Waals surface area contributed by atoms with Crippen LogP contribution >= 0.6 is 11.6 Å². The van der Waals surface area contributed by atoms with E-state index in [2.05, 4.69) is 0 Å². The second-order valence-electron chi connectivity index (χ2n) is 7.32. The molecular formula is C18H23ClN2O4S. The topological polar surface area (TPSA) is 74.8 Å². The number of aryl methyl sites for hydroxylation is 2. The average molecular weight is 399 g/mol. The molecule has 2 saturated heterocycles. The molecule has 0 N–H and O–H groups in total. The van der Waals surface area contributed by atoms with Crippen LogP contribution in [-0.4, -0.2) is 56.3 Å². The molecule has 2 aliphatic heterocycles.